The van der Waals surface area contributed by atoms with Crippen LogP contribution in [-0.4, -0.2) is 39.8 Å². The summed E-state index contributed by atoms with van der Waals surface area (Å²) in [5.41, 5.74) is 6.52. The fourth-order valence-corrected chi connectivity index (χ4v) is 2.81. The number of aromatic nitrogens is 3. The molecule has 146 valence electrons. The summed E-state index contributed by atoms with van der Waals surface area (Å²) in [6, 6.07) is 7.58. The van der Waals surface area contributed by atoms with E-state index in [0.29, 0.717) is 34.9 Å². The third-order valence-corrected chi connectivity index (χ3v) is 4.83. The lowest BCUT2D eigenvalue weighted by Crippen LogP contribution is -2.37. The summed E-state index contributed by atoms with van der Waals surface area (Å²) in [6.07, 6.45) is 0. The van der Waals surface area contributed by atoms with Crippen molar-refractivity contribution >= 4 is 35.3 Å². The number of para-hydroxylation sites is 2. The number of carbonyl (C=O) groups excluding carboxylic acids is 1. The topological polar surface area (TPSA) is 115 Å². The van der Waals surface area contributed by atoms with E-state index in [4.69, 9.17) is 10.5 Å². The molecule has 0 fully saturated rings. The first-order valence-corrected chi connectivity index (χ1v) is 9.82. The minimum Gasteiger partial charge on any atom is -0.495 e. The van der Waals surface area contributed by atoms with Crippen molar-refractivity contribution < 1.29 is 9.53 Å². The number of benzene rings is 1. The normalized spacial score (nSPS) is 11.9. The zero-order valence-corrected chi connectivity index (χ0v) is 16.8. The largest absolute Gasteiger partial charge is 0.495 e. The summed E-state index contributed by atoms with van der Waals surface area (Å²) >= 11 is 1.43. The number of methoxy groups -OCH3 is 1. The molecule has 27 heavy (non-hydrogen) atoms. The number of nitrogen functional groups attached to an aromatic ring is 1. The lowest BCUT2D eigenvalue weighted by molar-refractivity contribution is -0.119. The van der Waals surface area contributed by atoms with E-state index in [0.717, 1.165) is 5.69 Å². The van der Waals surface area contributed by atoms with Gasteiger partial charge in [0.1, 0.15) is 11.6 Å². The summed E-state index contributed by atoms with van der Waals surface area (Å²) in [7, 11) is 1.59. The van der Waals surface area contributed by atoms with Crippen LogP contribution >= 0.6 is 11.8 Å². The lowest BCUT2D eigenvalue weighted by Gasteiger charge is -2.17. The molecule has 0 spiro atoms. The van der Waals surface area contributed by atoms with E-state index in [2.05, 4.69) is 39.4 Å². The van der Waals surface area contributed by atoms with Crippen molar-refractivity contribution in [2.45, 2.75) is 32.6 Å². The fourth-order valence-electron chi connectivity index (χ4n) is 2.12. The Morgan fingerprint density at radius 3 is 2.67 bits per heavy atom. The molecule has 0 bridgehead atoms. The highest BCUT2D eigenvalue weighted by atomic mass is 32.2. The van der Waals surface area contributed by atoms with E-state index in [1.54, 1.807) is 7.11 Å². The van der Waals surface area contributed by atoms with Crippen LogP contribution in [0.25, 0.3) is 0 Å². The number of rotatable bonds is 9. The maximum absolute atomic E-state index is 12.0. The molecule has 2 rings (SSSR count). The highest BCUT2D eigenvalue weighted by Gasteiger charge is 2.12. The molecular weight excluding hydrogens is 364 g/mol. The Labute approximate surface area is 163 Å². The minimum absolute atomic E-state index is 0.00408. The van der Waals surface area contributed by atoms with Crippen LogP contribution in [-0.2, 0) is 10.5 Å². The Morgan fingerprint density at radius 1 is 1.22 bits per heavy atom. The minimum atomic E-state index is -0.00408. The predicted molar refractivity (Wildman–Crippen MR) is 109 cm³/mol. The molecule has 1 amide bonds. The van der Waals surface area contributed by atoms with E-state index < -0.39 is 0 Å². The van der Waals surface area contributed by atoms with Crippen molar-refractivity contribution in [2.75, 3.05) is 23.9 Å². The molecule has 0 radical (unpaired) electrons. The quantitative estimate of drug-likeness (QED) is 0.598. The monoisotopic (exact) mass is 390 g/mol. The molecule has 0 unspecified atom stereocenters. The highest BCUT2D eigenvalue weighted by molar-refractivity contribution is 7.99. The second-order valence-corrected chi connectivity index (χ2v) is 7.34. The molecule has 0 aliphatic heterocycles. The van der Waals surface area contributed by atoms with E-state index in [9.17, 15) is 4.79 Å². The van der Waals surface area contributed by atoms with Gasteiger partial charge in [-0.2, -0.15) is 15.0 Å². The molecule has 1 aromatic heterocycles. The van der Waals surface area contributed by atoms with Gasteiger partial charge in [-0.05, 0) is 25.0 Å². The van der Waals surface area contributed by atoms with E-state index >= 15 is 0 Å². The molecule has 0 aliphatic carbocycles. The van der Waals surface area contributed by atoms with Gasteiger partial charge in [0.25, 0.3) is 0 Å². The Hall–Kier alpha value is -2.55. The zero-order valence-electron chi connectivity index (χ0n) is 16.0. The van der Waals surface area contributed by atoms with Gasteiger partial charge in [-0.3, -0.25) is 4.79 Å². The van der Waals surface area contributed by atoms with Crippen LogP contribution in [0, 0.1) is 5.92 Å². The third kappa shape index (κ3) is 6.59. The number of hydrogen-bond donors (Lipinski definition) is 3. The summed E-state index contributed by atoms with van der Waals surface area (Å²) in [6.45, 7) is 6.14. The van der Waals surface area contributed by atoms with Gasteiger partial charge in [0.05, 0.1) is 24.3 Å². The van der Waals surface area contributed by atoms with Gasteiger partial charge in [-0.15, -0.1) is 11.8 Å². The van der Waals surface area contributed by atoms with Crippen LogP contribution in [0.15, 0.2) is 24.3 Å². The smallest absolute Gasteiger partial charge is 0.232 e. The molecule has 0 saturated carbocycles. The second kappa shape index (κ2) is 9.96. The number of anilines is 3. The number of nitrogens with two attached hydrogens (primary N) is 1. The number of carbonyl (C=O) groups is 1. The number of ether oxygens (including phenoxy) is 1. The molecule has 0 aliphatic rings. The van der Waals surface area contributed by atoms with Gasteiger partial charge in [-0.25, -0.2) is 0 Å². The summed E-state index contributed by atoms with van der Waals surface area (Å²) in [5, 5.41) is 6.06. The van der Waals surface area contributed by atoms with Gasteiger partial charge in [-0.1, -0.05) is 26.0 Å². The number of hydrogen-bond acceptors (Lipinski definition) is 8. The lowest BCUT2D eigenvalue weighted by atomic mass is 10.1. The van der Waals surface area contributed by atoms with Gasteiger partial charge in [0.15, 0.2) is 0 Å². The zero-order chi connectivity index (χ0) is 19.8. The van der Waals surface area contributed by atoms with Crippen molar-refractivity contribution in [3.63, 3.8) is 0 Å². The van der Waals surface area contributed by atoms with Gasteiger partial charge >= 0.3 is 0 Å². The van der Waals surface area contributed by atoms with Crippen LogP contribution in [0.3, 0.4) is 0 Å². The molecule has 9 heteroatoms. The van der Waals surface area contributed by atoms with E-state index in [-0.39, 0.29) is 17.9 Å². The van der Waals surface area contributed by atoms with E-state index in [1.807, 2.05) is 31.2 Å². The van der Waals surface area contributed by atoms with Crippen molar-refractivity contribution in [3.05, 3.63) is 30.1 Å². The average Bonchev–Trinajstić information content (AvgIpc) is 2.61. The predicted octanol–water partition coefficient (Wildman–Crippen LogP) is 2.60. The molecule has 1 aromatic carbocycles. The van der Waals surface area contributed by atoms with E-state index in [1.165, 1.54) is 11.8 Å². The maximum atomic E-state index is 12.0. The first-order valence-electron chi connectivity index (χ1n) is 8.66. The highest BCUT2D eigenvalue weighted by Crippen LogP contribution is 2.25. The number of nitrogens with zero attached hydrogens (tertiary/aromatic N) is 3. The Morgan fingerprint density at radius 2 is 1.96 bits per heavy atom. The van der Waals surface area contributed by atoms with Crippen LogP contribution in [0.2, 0.25) is 0 Å². The second-order valence-electron chi connectivity index (χ2n) is 6.35. The van der Waals surface area contributed by atoms with Crippen molar-refractivity contribution in [1.29, 1.82) is 0 Å². The van der Waals surface area contributed by atoms with Gasteiger partial charge < -0.3 is 21.1 Å². The molecule has 0 saturated heterocycles. The third-order valence-electron chi connectivity index (χ3n) is 3.91. The number of nitrogens with one attached hydrogen (secondary N) is 2. The molecule has 2 aromatic rings. The first kappa shape index (κ1) is 20.8. The summed E-state index contributed by atoms with van der Waals surface area (Å²) < 4.78 is 5.30. The number of amides is 1. The summed E-state index contributed by atoms with van der Waals surface area (Å²) in [5.74, 6) is 2.81. The van der Waals surface area contributed by atoms with Gasteiger partial charge in [0, 0.05) is 6.04 Å². The fraction of sp³-hybridized carbons (Fsp3) is 0.444. The molecular formula is C18H26N6O2S. The molecule has 1 heterocycles. The van der Waals surface area contributed by atoms with Crippen molar-refractivity contribution in [2.24, 2.45) is 5.92 Å². The van der Waals surface area contributed by atoms with Gasteiger partial charge in [0.2, 0.25) is 17.8 Å². The SMILES string of the molecule is COc1ccccc1Nc1nc(N)nc(CSCC(=O)N[C@@H](C)C(C)C)n1. The van der Waals surface area contributed by atoms with Crippen LogP contribution in [0.5, 0.6) is 5.75 Å². The summed E-state index contributed by atoms with van der Waals surface area (Å²) in [4.78, 5) is 24.6. The average molecular weight is 391 g/mol. The maximum Gasteiger partial charge on any atom is 0.232 e. The molecule has 8 nitrogen and oxygen atoms in total. The molecule has 1 atom stereocenters. The Balaban J connectivity index is 1.96. The Bertz CT molecular complexity index is 771. The standard InChI is InChI=1S/C18H26N6O2S/c1-11(2)12(3)20-16(25)10-27-9-15-22-17(19)24-18(23-15)21-13-7-5-6-8-14(13)26-4/h5-8,11-12H,9-10H2,1-4H3,(H,20,25)(H3,19,21,22,23,24)/t12-/m0/s1. The Kier molecular flexibility index (Phi) is 7.66. The van der Waals surface area contributed by atoms with Crippen molar-refractivity contribution in [3.8, 4) is 5.75 Å². The van der Waals surface area contributed by atoms with Crippen molar-refractivity contribution in [1.82, 2.24) is 20.3 Å². The first-order chi connectivity index (χ1) is 12.9. The number of thioether (sulfide) groups is 1. The van der Waals surface area contributed by atoms with Crippen LogP contribution in [0.1, 0.15) is 26.6 Å². The van der Waals surface area contributed by atoms with Crippen LogP contribution < -0.4 is 21.1 Å². The van der Waals surface area contributed by atoms with Crippen LogP contribution in [0.4, 0.5) is 17.6 Å². The molecule has 4 N–H and O–H groups in total.